The van der Waals surface area contributed by atoms with Crippen LogP contribution >= 0.6 is 27.3 Å². The predicted molar refractivity (Wildman–Crippen MR) is 46.7 cm³/mol. The third-order valence-electron chi connectivity index (χ3n) is 0.938. The van der Waals surface area contributed by atoms with Gasteiger partial charge in [-0.25, -0.2) is 0 Å². The smallest absolute Gasteiger partial charge is 0.0912 e. The summed E-state index contributed by atoms with van der Waals surface area (Å²) in [4.78, 5) is 0. The molecule has 50 valence electrons. The average Bonchev–Trinajstić information content (AvgIpc) is 2.31. The first-order valence-electron chi connectivity index (χ1n) is 2.63. The Morgan fingerprint density at radius 1 is 1.70 bits per heavy atom. The summed E-state index contributed by atoms with van der Waals surface area (Å²) in [7, 11) is 0. The summed E-state index contributed by atoms with van der Waals surface area (Å²) in [6.07, 6.45) is 3.25. The van der Waals surface area contributed by atoms with Gasteiger partial charge in [-0.2, -0.15) is 5.26 Å². The lowest BCUT2D eigenvalue weighted by molar-refractivity contribution is 1.54. The standard InChI is InChI=1S/C7H4BrNS/c8-7-4-6(5-10-7)2-1-3-9/h1-2,4-5H. The monoisotopic (exact) mass is 213 g/mol. The van der Waals surface area contributed by atoms with Gasteiger partial charge in [0.1, 0.15) is 0 Å². The second kappa shape index (κ2) is 3.55. The van der Waals surface area contributed by atoms with Crippen LogP contribution in [0.25, 0.3) is 6.08 Å². The third kappa shape index (κ3) is 1.98. The average molecular weight is 214 g/mol. The van der Waals surface area contributed by atoms with E-state index in [4.69, 9.17) is 5.26 Å². The minimum atomic E-state index is 1.07. The molecule has 0 N–H and O–H groups in total. The Hall–Kier alpha value is -0.590. The van der Waals surface area contributed by atoms with Crippen LogP contribution in [0.15, 0.2) is 21.3 Å². The second-order valence-corrected chi connectivity index (χ2v) is 3.94. The van der Waals surface area contributed by atoms with Gasteiger partial charge in [0.2, 0.25) is 0 Å². The summed E-state index contributed by atoms with van der Waals surface area (Å²) in [6.45, 7) is 0. The maximum atomic E-state index is 8.19. The Morgan fingerprint density at radius 3 is 3.00 bits per heavy atom. The van der Waals surface area contributed by atoms with Crippen LogP contribution in [0, 0.1) is 11.3 Å². The Morgan fingerprint density at radius 2 is 2.50 bits per heavy atom. The lowest BCUT2D eigenvalue weighted by atomic mass is 10.3. The van der Waals surface area contributed by atoms with Gasteiger partial charge in [-0.05, 0) is 39.0 Å². The molecule has 10 heavy (non-hydrogen) atoms. The Balaban J connectivity index is 2.78. The largest absolute Gasteiger partial charge is 0.193 e. The predicted octanol–water partition coefficient (Wildman–Crippen LogP) is 3.05. The van der Waals surface area contributed by atoms with Crippen LogP contribution in [0.1, 0.15) is 5.56 Å². The number of thiophene rings is 1. The Bertz CT molecular complexity index is 282. The maximum absolute atomic E-state index is 8.19. The van der Waals surface area contributed by atoms with Gasteiger partial charge in [-0.1, -0.05) is 0 Å². The molecule has 0 aromatic carbocycles. The fourth-order valence-corrected chi connectivity index (χ4v) is 1.69. The van der Waals surface area contributed by atoms with Crippen molar-refractivity contribution in [2.24, 2.45) is 0 Å². The summed E-state index contributed by atoms with van der Waals surface area (Å²) in [6, 6.07) is 3.90. The van der Waals surface area contributed by atoms with Crippen molar-refractivity contribution in [3.63, 3.8) is 0 Å². The van der Waals surface area contributed by atoms with Crippen LogP contribution in [0.4, 0.5) is 0 Å². The molecule has 0 bridgehead atoms. The minimum absolute atomic E-state index is 1.07. The van der Waals surface area contributed by atoms with Crippen LogP contribution in [-0.4, -0.2) is 0 Å². The van der Waals surface area contributed by atoms with E-state index in [-0.39, 0.29) is 0 Å². The highest BCUT2D eigenvalue weighted by atomic mass is 79.9. The molecule has 0 radical (unpaired) electrons. The highest BCUT2D eigenvalue weighted by molar-refractivity contribution is 9.11. The van der Waals surface area contributed by atoms with E-state index >= 15 is 0 Å². The third-order valence-corrected chi connectivity index (χ3v) is 2.46. The van der Waals surface area contributed by atoms with Crippen molar-refractivity contribution in [1.29, 1.82) is 5.26 Å². The Kier molecular flexibility index (Phi) is 2.67. The normalized spacial score (nSPS) is 10.0. The second-order valence-electron chi connectivity index (χ2n) is 1.65. The number of nitriles is 1. The zero-order valence-corrected chi connectivity index (χ0v) is 7.45. The summed E-state index contributed by atoms with van der Waals surface area (Å²) in [5, 5.41) is 10.2. The van der Waals surface area contributed by atoms with Gasteiger partial charge in [0, 0.05) is 6.08 Å². The van der Waals surface area contributed by atoms with E-state index in [1.165, 1.54) is 6.08 Å². The fraction of sp³-hybridized carbons (Fsp3) is 0. The van der Waals surface area contributed by atoms with Crippen molar-refractivity contribution in [1.82, 2.24) is 0 Å². The van der Waals surface area contributed by atoms with Gasteiger partial charge in [0.25, 0.3) is 0 Å². The van der Waals surface area contributed by atoms with Crippen molar-refractivity contribution in [2.75, 3.05) is 0 Å². The molecule has 0 amide bonds. The van der Waals surface area contributed by atoms with Crippen LogP contribution in [0.2, 0.25) is 0 Å². The fourth-order valence-electron chi connectivity index (χ4n) is 0.544. The number of nitrogens with zero attached hydrogens (tertiary/aromatic N) is 1. The van der Waals surface area contributed by atoms with Gasteiger partial charge >= 0.3 is 0 Å². The van der Waals surface area contributed by atoms with Crippen molar-refractivity contribution in [2.45, 2.75) is 0 Å². The summed E-state index contributed by atoms with van der Waals surface area (Å²) in [5.41, 5.74) is 1.07. The number of allylic oxidation sites excluding steroid dienone is 1. The SMILES string of the molecule is N#CC=Cc1csc(Br)c1. The zero-order valence-electron chi connectivity index (χ0n) is 5.04. The van der Waals surface area contributed by atoms with Crippen molar-refractivity contribution >= 4 is 33.3 Å². The first-order chi connectivity index (χ1) is 4.83. The van der Waals surface area contributed by atoms with E-state index in [1.54, 1.807) is 17.4 Å². The lowest BCUT2D eigenvalue weighted by Crippen LogP contribution is -1.56. The molecule has 0 atom stereocenters. The van der Waals surface area contributed by atoms with E-state index in [0.717, 1.165) is 9.35 Å². The number of hydrogen-bond acceptors (Lipinski definition) is 2. The molecule has 0 fully saturated rings. The highest BCUT2D eigenvalue weighted by Gasteiger charge is 1.90. The molecule has 1 nitrogen and oxygen atoms in total. The molecule has 0 spiro atoms. The molecule has 0 aliphatic carbocycles. The lowest BCUT2D eigenvalue weighted by Gasteiger charge is -1.75. The van der Waals surface area contributed by atoms with E-state index in [2.05, 4.69) is 15.9 Å². The summed E-state index contributed by atoms with van der Waals surface area (Å²) >= 11 is 4.94. The molecular weight excluding hydrogens is 210 g/mol. The molecule has 0 aliphatic rings. The molecule has 1 aromatic heterocycles. The van der Waals surface area contributed by atoms with Gasteiger partial charge in [-0.3, -0.25) is 0 Å². The summed E-state index contributed by atoms with van der Waals surface area (Å²) in [5.74, 6) is 0. The van der Waals surface area contributed by atoms with E-state index in [1.807, 2.05) is 17.5 Å². The van der Waals surface area contributed by atoms with Gasteiger partial charge in [0.15, 0.2) is 0 Å². The van der Waals surface area contributed by atoms with Crippen LogP contribution in [0.3, 0.4) is 0 Å². The number of halogens is 1. The molecule has 1 heterocycles. The van der Waals surface area contributed by atoms with Gasteiger partial charge in [-0.15, -0.1) is 11.3 Å². The van der Waals surface area contributed by atoms with Gasteiger partial charge in [0.05, 0.1) is 9.86 Å². The molecule has 0 saturated carbocycles. The zero-order chi connectivity index (χ0) is 7.40. The maximum Gasteiger partial charge on any atom is 0.0912 e. The number of hydrogen-bond donors (Lipinski definition) is 0. The first-order valence-corrected chi connectivity index (χ1v) is 4.30. The van der Waals surface area contributed by atoms with E-state index < -0.39 is 0 Å². The quantitative estimate of drug-likeness (QED) is 0.659. The van der Waals surface area contributed by atoms with Gasteiger partial charge < -0.3 is 0 Å². The van der Waals surface area contributed by atoms with Crippen LogP contribution in [0.5, 0.6) is 0 Å². The van der Waals surface area contributed by atoms with Crippen molar-refractivity contribution < 1.29 is 0 Å². The number of rotatable bonds is 1. The van der Waals surface area contributed by atoms with E-state index in [0.29, 0.717) is 0 Å². The van der Waals surface area contributed by atoms with E-state index in [9.17, 15) is 0 Å². The molecule has 0 saturated heterocycles. The molecule has 0 unspecified atom stereocenters. The molecule has 0 aliphatic heterocycles. The molecule has 1 aromatic rings. The molecule has 1 rings (SSSR count). The molecular formula is C7H4BrNS. The summed E-state index contributed by atoms with van der Waals surface area (Å²) < 4.78 is 1.09. The van der Waals surface area contributed by atoms with Crippen LogP contribution < -0.4 is 0 Å². The van der Waals surface area contributed by atoms with Crippen LogP contribution in [-0.2, 0) is 0 Å². The Labute approximate surface area is 71.7 Å². The molecule has 3 heteroatoms. The first kappa shape index (κ1) is 7.52. The minimum Gasteiger partial charge on any atom is -0.193 e. The van der Waals surface area contributed by atoms with Crippen molar-refractivity contribution in [3.05, 3.63) is 26.9 Å². The topological polar surface area (TPSA) is 23.8 Å². The highest BCUT2D eigenvalue weighted by Crippen LogP contribution is 2.21. The van der Waals surface area contributed by atoms with Crippen molar-refractivity contribution in [3.8, 4) is 6.07 Å².